The van der Waals surface area contributed by atoms with Gasteiger partial charge in [0.2, 0.25) is 5.91 Å². The predicted octanol–water partition coefficient (Wildman–Crippen LogP) is 8.61. The van der Waals surface area contributed by atoms with Crippen molar-refractivity contribution in [3.8, 4) is 5.75 Å². The molecule has 0 saturated carbocycles. The van der Waals surface area contributed by atoms with Crippen molar-refractivity contribution in [1.29, 1.82) is 0 Å². The van der Waals surface area contributed by atoms with Crippen LogP contribution >= 0.6 is 11.3 Å². The Kier molecular flexibility index (Phi) is 11.2. The van der Waals surface area contributed by atoms with Crippen LogP contribution in [0, 0.1) is 5.41 Å². The van der Waals surface area contributed by atoms with Gasteiger partial charge in [-0.15, -0.1) is 11.3 Å². The van der Waals surface area contributed by atoms with Crippen molar-refractivity contribution in [3.63, 3.8) is 0 Å². The van der Waals surface area contributed by atoms with Crippen LogP contribution in [-0.2, 0) is 0 Å². The molecule has 0 bridgehead atoms. The Bertz CT molecular complexity index is 1580. The molecule has 0 N–H and O–H groups in total. The number of thiophene rings is 1. The highest BCUT2D eigenvalue weighted by Gasteiger charge is 2.30. The number of nitrogens with zero attached hydrogens (tertiary/aromatic N) is 3. The van der Waals surface area contributed by atoms with Gasteiger partial charge in [-0.2, -0.15) is 0 Å². The number of piperazine rings is 1. The summed E-state index contributed by atoms with van der Waals surface area (Å²) in [4.78, 5) is 31.7. The number of hydrogen-bond donors (Lipinski definition) is 0. The number of carbonyl (C=O) groups excluding carboxylic acids is 1. The Morgan fingerprint density at radius 3 is 2.48 bits per heavy atom. The van der Waals surface area contributed by atoms with Gasteiger partial charge in [0.05, 0.1) is 12.1 Å². The lowest BCUT2D eigenvalue weighted by Gasteiger charge is -2.36. The fourth-order valence-electron chi connectivity index (χ4n) is 6.36. The van der Waals surface area contributed by atoms with E-state index in [0.29, 0.717) is 17.9 Å². The van der Waals surface area contributed by atoms with Crippen LogP contribution < -0.4 is 15.2 Å². The maximum Gasteiger partial charge on any atom is 0.257 e. The number of unbranched alkanes of at least 4 members (excludes halogenated alkanes) is 6. The molecule has 1 fully saturated rings. The molecule has 0 atom stereocenters. The number of rotatable bonds is 15. The molecule has 2 aromatic carbocycles. The van der Waals surface area contributed by atoms with E-state index in [-0.39, 0.29) is 11.5 Å². The van der Waals surface area contributed by atoms with Crippen molar-refractivity contribution in [2.24, 2.45) is 5.41 Å². The highest BCUT2D eigenvalue weighted by atomic mass is 32.1. The summed E-state index contributed by atoms with van der Waals surface area (Å²) in [6.07, 6.45) is 9.88. The molecule has 7 heteroatoms. The minimum Gasteiger partial charge on any atom is -0.494 e. The molecule has 1 aliphatic heterocycles. The number of pyridine rings is 1. The summed E-state index contributed by atoms with van der Waals surface area (Å²) in [6, 6.07) is 17.9. The van der Waals surface area contributed by atoms with Gasteiger partial charge >= 0.3 is 0 Å². The molecule has 1 saturated heterocycles. The molecular weight excluding hydrogens is 566 g/mol. The third-order valence-corrected chi connectivity index (χ3v) is 10.0. The third-order valence-electron chi connectivity index (χ3n) is 9.13. The van der Waals surface area contributed by atoms with E-state index in [1.807, 2.05) is 43.4 Å². The number of hydrogen-bond acceptors (Lipinski definition) is 6. The van der Waals surface area contributed by atoms with Gasteiger partial charge in [0.25, 0.3) is 5.56 Å². The molecule has 236 valence electrons. The Labute approximate surface area is 266 Å². The SMILES string of the molecule is CCCCCCCCC(C)(C)C(=O)n1c(=O)ccc2ccc(OCCCCN3CCN(c4cccc5sccc45)CC3)cc21. The Morgan fingerprint density at radius 1 is 0.886 bits per heavy atom. The summed E-state index contributed by atoms with van der Waals surface area (Å²) in [5, 5.41) is 4.42. The van der Waals surface area contributed by atoms with Crippen molar-refractivity contribution in [2.75, 3.05) is 44.2 Å². The maximum atomic E-state index is 13.7. The Hall–Kier alpha value is -3.16. The van der Waals surface area contributed by atoms with E-state index in [9.17, 15) is 9.59 Å². The number of benzene rings is 2. The van der Waals surface area contributed by atoms with Gasteiger partial charge in [-0.05, 0) is 73.0 Å². The molecule has 0 aliphatic carbocycles. The number of carbonyl (C=O) groups is 1. The first kappa shape index (κ1) is 32.2. The quantitative estimate of drug-likeness (QED) is 0.125. The monoisotopic (exact) mass is 615 g/mol. The number of fused-ring (bicyclic) bond motifs is 2. The highest BCUT2D eigenvalue weighted by molar-refractivity contribution is 7.17. The van der Waals surface area contributed by atoms with Crippen LogP contribution in [0.2, 0.25) is 0 Å². The fourth-order valence-corrected chi connectivity index (χ4v) is 7.17. The van der Waals surface area contributed by atoms with E-state index in [0.717, 1.165) is 70.2 Å². The summed E-state index contributed by atoms with van der Waals surface area (Å²) in [7, 11) is 0. The van der Waals surface area contributed by atoms with Gasteiger partial charge in [-0.3, -0.25) is 14.5 Å². The van der Waals surface area contributed by atoms with Crippen LogP contribution in [0.25, 0.3) is 21.0 Å². The van der Waals surface area contributed by atoms with Gasteiger partial charge in [0.15, 0.2) is 0 Å². The predicted molar refractivity (Wildman–Crippen MR) is 186 cm³/mol. The van der Waals surface area contributed by atoms with Crippen molar-refractivity contribution in [2.45, 2.75) is 78.6 Å². The second-order valence-corrected chi connectivity index (χ2v) is 13.9. The molecule has 1 aliphatic rings. The average molecular weight is 616 g/mol. The van der Waals surface area contributed by atoms with Gasteiger partial charge in [0.1, 0.15) is 5.75 Å². The molecular formula is C37H49N3O3S. The Balaban J connectivity index is 1.10. The standard InChI is InChI=1S/C37H49N3O3S/c1-4-5-6-7-8-9-20-37(2,3)36(42)40-33-28-30(17-15-29(33)16-18-35(40)41)43-26-11-10-21-38-22-24-39(25-23-38)32-13-12-14-34-31(32)19-27-44-34/h12-19,27-28H,4-11,20-26H2,1-3H3. The minimum absolute atomic E-state index is 0.133. The first-order valence-electron chi connectivity index (χ1n) is 16.6. The topological polar surface area (TPSA) is 54.8 Å². The summed E-state index contributed by atoms with van der Waals surface area (Å²) >= 11 is 1.81. The van der Waals surface area contributed by atoms with Crippen molar-refractivity contribution < 1.29 is 9.53 Å². The zero-order valence-corrected chi connectivity index (χ0v) is 27.7. The van der Waals surface area contributed by atoms with E-state index >= 15 is 0 Å². The summed E-state index contributed by atoms with van der Waals surface area (Å²) < 4.78 is 8.86. The fraction of sp³-hybridized carbons (Fsp3) is 0.514. The second-order valence-electron chi connectivity index (χ2n) is 12.9. The van der Waals surface area contributed by atoms with E-state index in [1.165, 1.54) is 52.1 Å². The van der Waals surface area contributed by atoms with E-state index < -0.39 is 5.41 Å². The lowest BCUT2D eigenvalue weighted by molar-refractivity contribution is 0.0730. The highest BCUT2D eigenvalue weighted by Crippen LogP contribution is 2.31. The molecule has 0 unspecified atom stereocenters. The molecule has 4 aromatic rings. The smallest absolute Gasteiger partial charge is 0.257 e. The van der Waals surface area contributed by atoms with Crippen molar-refractivity contribution in [1.82, 2.24) is 9.47 Å². The lowest BCUT2D eigenvalue weighted by atomic mass is 9.85. The summed E-state index contributed by atoms with van der Waals surface area (Å²) in [5.41, 5.74) is 1.11. The molecule has 3 heterocycles. The molecule has 44 heavy (non-hydrogen) atoms. The second kappa shape index (κ2) is 15.2. The van der Waals surface area contributed by atoms with Crippen LogP contribution in [0.4, 0.5) is 5.69 Å². The number of anilines is 1. The van der Waals surface area contributed by atoms with Crippen LogP contribution in [0.15, 0.2) is 64.8 Å². The molecule has 0 spiro atoms. The van der Waals surface area contributed by atoms with Crippen LogP contribution in [-0.4, -0.2) is 54.7 Å². The number of aromatic nitrogens is 1. The van der Waals surface area contributed by atoms with E-state index in [2.05, 4.69) is 46.4 Å². The van der Waals surface area contributed by atoms with Gasteiger partial charge < -0.3 is 9.64 Å². The summed E-state index contributed by atoms with van der Waals surface area (Å²) in [5.74, 6) is 0.570. The van der Waals surface area contributed by atoms with Crippen molar-refractivity contribution in [3.05, 3.63) is 70.3 Å². The minimum atomic E-state index is -0.609. The first-order chi connectivity index (χ1) is 21.4. The average Bonchev–Trinajstić information content (AvgIpc) is 3.52. The Morgan fingerprint density at radius 2 is 1.66 bits per heavy atom. The van der Waals surface area contributed by atoms with Crippen LogP contribution in [0.5, 0.6) is 5.75 Å². The normalized spacial score (nSPS) is 14.5. The number of ether oxygens (including phenoxy) is 1. The van der Waals surface area contributed by atoms with Gasteiger partial charge in [-0.25, -0.2) is 4.57 Å². The van der Waals surface area contributed by atoms with Crippen molar-refractivity contribution >= 4 is 43.9 Å². The van der Waals surface area contributed by atoms with Gasteiger partial charge in [-0.1, -0.05) is 65.4 Å². The third kappa shape index (κ3) is 7.91. The van der Waals surface area contributed by atoms with E-state index in [1.54, 1.807) is 6.07 Å². The zero-order chi connectivity index (χ0) is 30.9. The van der Waals surface area contributed by atoms with Gasteiger partial charge in [0, 0.05) is 59.5 Å². The molecule has 0 amide bonds. The molecule has 2 aromatic heterocycles. The lowest BCUT2D eigenvalue weighted by Crippen LogP contribution is -2.46. The van der Waals surface area contributed by atoms with E-state index in [4.69, 9.17) is 4.74 Å². The molecule has 5 rings (SSSR count). The molecule has 0 radical (unpaired) electrons. The maximum absolute atomic E-state index is 13.7. The largest absolute Gasteiger partial charge is 0.494 e. The first-order valence-corrected chi connectivity index (χ1v) is 17.5. The van der Waals surface area contributed by atoms with Crippen LogP contribution in [0.1, 0.15) is 83.4 Å². The van der Waals surface area contributed by atoms with Crippen LogP contribution in [0.3, 0.4) is 0 Å². The molecule has 6 nitrogen and oxygen atoms in total. The zero-order valence-electron chi connectivity index (χ0n) is 26.9. The summed E-state index contributed by atoms with van der Waals surface area (Å²) in [6.45, 7) is 12.1.